The highest BCUT2D eigenvalue weighted by Gasteiger charge is 2.19. The maximum atomic E-state index is 12.5. The molecule has 2 rings (SSSR count). The largest absolute Gasteiger partial charge is 0.481 e. The summed E-state index contributed by atoms with van der Waals surface area (Å²) in [6, 6.07) is 15.8. The van der Waals surface area contributed by atoms with Crippen LogP contribution in [0.1, 0.15) is 39.7 Å². The highest BCUT2D eigenvalue weighted by Crippen LogP contribution is 2.25. The molecule has 0 saturated heterocycles. The van der Waals surface area contributed by atoms with Crippen molar-refractivity contribution in [2.24, 2.45) is 0 Å². The van der Waals surface area contributed by atoms with E-state index in [1.54, 1.807) is 11.8 Å². The molecule has 0 aliphatic heterocycles. The standard InChI is InChI=1S/C21H27NO2S/c1-6-19(20(23)22-16-8-7-9-18(14-16)25-5)24-17-12-10-15(11-13-17)21(2,3)4/h7-14,19H,6H2,1-5H3,(H,22,23)/t19-/m1/s1. The predicted molar refractivity (Wildman–Crippen MR) is 107 cm³/mol. The average molecular weight is 358 g/mol. The second-order valence-electron chi connectivity index (χ2n) is 7.01. The first-order chi connectivity index (χ1) is 11.8. The second kappa shape index (κ2) is 8.43. The van der Waals surface area contributed by atoms with Crippen molar-refractivity contribution in [3.63, 3.8) is 0 Å². The zero-order valence-electron chi connectivity index (χ0n) is 15.6. The van der Waals surface area contributed by atoms with Crippen LogP contribution in [0.15, 0.2) is 53.4 Å². The van der Waals surface area contributed by atoms with Gasteiger partial charge in [-0.15, -0.1) is 11.8 Å². The number of ether oxygens (including phenoxy) is 1. The number of anilines is 1. The summed E-state index contributed by atoms with van der Waals surface area (Å²) in [6.45, 7) is 8.47. The highest BCUT2D eigenvalue weighted by atomic mass is 32.2. The lowest BCUT2D eigenvalue weighted by atomic mass is 9.87. The molecule has 0 heterocycles. The van der Waals surface area contributed by atoms with E-state index in [9.17, 15) is 4.79 Å². The molecule has 2 aromatic rings. The molecule has 4 heteroatoms. The number of rotatable bonds is 6. The Kier molecular flexibility index (Phi) is 6.54. The first-order valence-corrected chi connectivity index (χ1v) is 9.78. The summed E-state index contributed by atoms with van der Waals surface area (Å²) in [7, 11) is 0. The van der Waals surface area contributed by atoms with Gasteiger partial charge in [-0.1, -0.05) is 45.9 Å². The van der Waals surface area contributed by atoms with E-state index in [1.165, 1.54) is 5.56 Å². The maximum absolute atomic E-state index is 12.5. The van der Waals surface area contributed by atoms with Crippen molar-refractivity contribution in [2.45, 2.75) is 50.5 Å². The number of hydrogen-bond donors (Lipinski definition) is 1. The molecule has 0 saturated carbocycles. The topological polar surface area (TPSA) is 38.3 Å². The van der Waals surface area contributed by atoms with Crippen molar-refractivity contribution >= 4 is 23.4 Å². The van der Waals surface area contributed by atoms with E-state index in [-0.39, 0.29) is 11.3 Å². The van der Waals surface area contributed by atoms with Gasteiger partial charge >= 0.3 is 0 Å². The van der Waals surface area contributed by atoms with Crippen LogP contribution in [-0.2, 0) is 10.2 Å². The van der Waals surface area contributed by atoms with E-state index >= 15 is 0 Å². The smallest absolute Gasteiger partial charge is 0.265 e. The van der Waals surface area contributed by atoms with Gasteiger partial charge in [0.1, 0.15) is 5.75 Å². The lowest BCUT2D eigenvalue weighted by Crippen LogP contribution is -2.32. The Balaban J connectivity index is 2.04. The Morgan fingerprint density at radius 2 is 1.84 bits per heavy atom. The summed E-state index contributed by atoms with van der Waals surface area (Å²) in [5.41, 5.74) is 2.13. The van der Waals surface area contributed by atoms with E-state index in [4.69, 9.17) is 4.74 Å². The molecule has 2 aromatic carbocycles. The van der Waals surface area contributed by atoms with Crippen LogP contribution in [0.3, 0.4) is 0 Å². The average Bonchev–Trinajstić information content (AvgIpc) is 2.59. The molecule has 3 nitrogen and oxygen atoms in total. The van der Waals surface area contributed by atoms with E-state index in [0.29, 0.717) is 12.2 Å². The molecule has 1 atom stereocenters. The molecule has 0 spiro atoms. The summed E-state index contributed by atoms with van der Waals surface area (Å²) in [6.07, 6.45) is 2.10. The molecule has 134 valence electrons. The monoisotopic (exact) mass is 357 g/mol. The van der Waals surface area contributed by atoms with E-state index in [0.717, 1.165) is 10.6 Å². The molecule has 1 N–H and O–H groups in total. The second-order valence-corrected chi connectivity index (χ2v) is 7.89. The minimum atomic E-state index is -0.515. The molecule has 0 aromatic heterocycles. The zero-order chi connectivity index (χ0) is 18.4. The van der Waals surface area contributed by atoms with Crippen LogP contribution in [-0.4, -0.2) is 18.3 Å². The van der Waals surface area contributed by atoms with Gasteiger partial charge in [0, 0.05) is 10.6 Å². The van der Waals surface area contributed by atoms with Crippen LogP contribution >= 0.6 is 11.8 Å². The van der Waals surface area contributed by atoms with Crippen molar-refractivity contribution in [1.29, 1.82) is 0 Å². The predicted octanol–water partition coefficient (Wildman–Crippen LogP) is 5.50. The highest BCUT2D eigenvalue weighted by molar-refractivity contribution is 7.98. The molecule has 0 radical (unpaired) electrons. The van der Waals surface area contributed by atoms with Gasteiger partial charge in [-0.2, -0.15) is 0 Å². The number of hydrogen-bond acceptors (Lipinski definition) is 3. The molecule has 1 amide bonds. The quantitative estimate of drug-likeness (QED) is 0.694. The van der Waals surface area contributed by atoms with Gasteiger partial charge in [0.05, 0.1) is 0 Å². The third-order valence-corrected chi connectivity index (χ3v) is 4.72. The number of nitrogens with one attached hydrogen (secondary N) is 1. The lowest BCUT2D eigenvalue weighted by molar-refractivity contribution is -0.122. The fourth-order valence-corrected chi connectivity index (χ4v) is 2.90. The van der Waals surface area contributed by atoms with Crippen LogP contribution in [0.25, 0.3) is 0 Å². The molecule has 0 bridgehead atoms. The van der Waals surface area contributed by atoms with Crippen molar-refractivity contribution < 1.29 is 9.53 Å². The minimum Gasteiger partial charge on any atom is -0.481 e. The van der Waals surface area contributed by atoms with Crippen LogP contribution in [0.5, 0.6) is 5.75 Å². The van der Waals surface area contributed by atoms with Crippen LogP contribution in [0.4, 0.5) is 5.69 Å². The fraction of sp³-hybridized carbons (Fsp3) is 0.381. The molecular weight excluding hydrogens is 330 g/mol. The minimum absolute atomic E-state index is 0.0996. The molecule has 0 unspecified atom stereocenters. The van der Waals surface area contributed by atoms with Crippen molar-refractivity contribution in [3.05, 3.63) is 54.1 Å². The Morgan fingerprint density at radius 1 is 1.16 bits per heavy atom. The van der Waals surface area contributed by atoms with Gasteiger partial charge in [-0.25, -0.2) is 0 Å². The number of carbonyl (C=O) groups excluding carboxylic acids is 1. The van der Waals surface area contributed by atoms with Crippen LogP contribution in [0.2, 0.25) is 0 Å². The van der Waals surface area contributed by atoms with Gasteiger partial charge in [0.2, 0.25) is 0 Å². The molecule has 0 fully saturated rings. The number of thioether (sulfide) groups is 1. The zero-order valence-corrected chi connectivity index (χ0v) is 16.4. The van der Waals surface area contributed by atoms with Crippen LogP contribution in [0, 0.1) is 0 Å². The molecule has 0 aliphatic carbocycles. The summed E-state index contributed by atoms with van der Waals surface area (Å²) in [4.78, 5) is 13.6. The SMILES string of the molecule is CC[C@@H](Oc1ccc(C(C)(C)C)cc1)C(=O)Nc1cccc(SC)c1. The van der Waals surface area contributed by atoms with Gasteiger partial charge in [-0.3, -0.25) is 4.79 Å². The van der Waals surface area contributed by atoms with Crippen molar-refractivity contribution in [1.82, 2.24) is 0 Å². The van der Waals surface area contributed by atoms with E-state index in [1.807, 2.05) is 49.6 Å². The van der Waals surface area contributed by atoms with E-state index in [2.05, 4.69) is 38.2 Å². The Morgan fingerprint density at radius 3 is 2.40 bits per heavy atom. The molecule has 0 aliphatic rings. The number of carbonyl (C=O) groups is 1. The summed E-state index contributed by atoms with van der Waals surface area (Å²) in [5, 5.41) is 2.95. The number of amides is 1. The maximum Gasteiger partial charge on any atom is 0.265 e. The van der Waals surface area contributed by atoms with Crippen molar-refractivity contribution in [2.75, 3.05) is 11.6 Å². The summed E-state index contributed by atoms with van der Waals surface area (Å²) >= 11 is 1.65. The first kappa shape index (κ1) is 19.4. The first-order valence-electron chi connectivity index (χ1n) is 8.55. The van der Waals surface area contributed by atoms with Gasteiger partial charge in [0.15, 0.2) is 6.10 Å². The number of benzene rings is 2. The Labute approximate surface area is 155 Å². The van der Waals surface area contributed by atoms with Crippen LogP contribution < -0.4 is 10.1 Å². The third-order valence-electron chi connectivity index (χ3n) is 4.00. The molecule has 25 heavy (non-hydrogen) atoms. The van der Waals surface area contributed by atoms with E-state index < -0.39 is 6.10 Å². The third kappa shape index (κ3) is 5.53. The van der Waals surface area contributed by atoms with Gasteiger partial charge in [0.25, 0.3) is 5.91 Å². The fourth-order valence-electron chi connectivity index (χ4n) is 2.44. The lowest BCUT2D eigenvalue weighted by Gasteiger charge is -2.21. The summed E-state index contributed by atoms with van der Waals surface area (Å²) < 4.78 is 5.90. The molecular formula is C21H27NO2S. The Hall–Kier alpha value is -1.94. The normalized spacial score (nSPS) is 12.5. The van der Waals surface area contributed by atoms with Gasteiger partial charge < -0.3 is 10.1 Å². The summed E-state index contributed by atoms with van der Waals surface area (Å²) in [5.74, 6) is 0.591. The van der Waals surface area contributed by atoms with Crippen molar-refractivity contribution in [3.8, 4) is 5.75 Å². The van der Waals surface area contributed by atoms with Gasteiger partial charge in [-0.05, 0) is 54.0 Å². The Bertz CT molecular complexity index is 705.